The maximum absolute atomic E-state index is 12.6. The molecule has 9 heteroatoms. The number of hydrogen-bond acceptors (Lipinski definition) is 4. The van der Waals surface area contributed by atoms with Gasteiger partial charge < -0.3 is 9.15 Å². The van der Waals surface area contributed by atoms with E-state index >= 15 is 0 Å². The van der Waals surface area contributed by atoms with Crippen molar-refractivity contribution < 1.29 is 30.7 Å². The first kappa shape index (κ1) is 18.1. The number of furan rings is 1. The third-order valence-corrected chi connectivity index (χ3v) is 5.22. The van der Waals surface area contributed by atoms with Crippen molar-refractivity contribution in [3.05, 3.63) is 24.5 Å². The van der Waals surface area contributed by atoms with Gasteiger partial charge in [0.2, 0.25) is 0 Å². The van der Waals surface area contributed by atoms with E-state index in [9.17, 15) is 21.6 Å². The van der Waals surface area contributed by atoms with Crippen molar-refractivity contribution in [3.63, 3.8) is 0 Å². The number of fused-ring (bicyclic) bond motifs is 1. The van der Waals surface area contributed by atoms with E-state index in [1.54, 1.807) is 0 Å². The molecule has 0 N–H and O–H groups in total. The fraction of sp³-hybridized carbons (Fsp3) is 0.429. The fourth-order valence-electron chi connectivity index (χ4n) is 1.97. The Morgan fingerprint density at radius 2 is 1.91 bits per heavy atom. The molecule has 0 spiro atoms. The first-order valence-electron chi connectivity index (χ1n) is 6.79. The van der Waals surface area contributed by atoms with Gasteiger partial charge >= 0.3 is 5.51 Å². The highest BCUT2D eigenvalue weighted by atomic mass is 79.9. The van der Waals surface area contributed by atoms with Crippen molar-refractivity contribution >= 4 is 36.7 Å². The van der Waals surface area contributed by atoms with Crippen LogP contribution in [0.4, 0.5) is 13.2 Å². The summed E-state index contributed by atoms with van der Waals surface area (Å²) in [6, 6.07) is 4.07. The molecule has 0 saturated carbocycles. The van der Waals surface area contributed by atoms with Crippen molar-refractivity contribution in [3.8, 4) is 5.75 Å². The Morgan fingerprint density at radius 1 is 1.17 bits per heavy atom. The topological polar surface area (TPSA) is 56.5 Å². The number of sulfone groups is 1. The second-order valence-corrected chi connectivity index (χ2v) is 7.51. The van der Waals surface area contributed by atoms with Gasteiger partial charge in [-0.3, -0.25) is 0 Å². The zero-order chi connectivity index (χ0) is 17.1. The van der Waals surface area contributed by atoms with Crippen LogP contribution >= 0.6 is 15.9 Å². The summed E-state index contributed by atoms with van der Waals surface area (Å²) < 4.78 is 71.2. The van der Waals surface area contributed by atoms with Crippen LogP contribution in [0.1, 0.15) is 19.3 Å². The van der Waals surface area contributed by atoms with E-state index in [1.807, 2.05) is 0 Å². The number of halogens is 4. The molecule has 0 bridgehead atoms. The number of alkyl halides is 4. The average Bonchev–Trinajstić information content (AvgIpc) is 2.89. The first-order chi connectivity index (χ1) is 10.8. The van der Waals surface area contributed by atoms with E-state index in [4.69, 9.17) is 9.15 Å². The molecule has 1 heterocycles. The lowest BCUT2D eigenvalue weighted by Crippen LogP contribution is -2.22. The van der Waals surface area contributed by atoms with Gasteiger partial charge in [-0.15, -0.1) is 0 Å². The molecule has 0 unspecified atom stereocenters. The highest BCUT2D eigenvalue weighted by molar-refractivity contribution is 9.09. The lowest BCUT2D eigenvalue weighted by Gasteiger charge is -2.07. The van der Waals surface area contributed by atoms with Crippen molar-refractivity contribution in [1.29, 1.82) is 0 Å². The quantitative estimate of drug-likeness (QED) is 0.487. The summed E-state index contributed by atoms with van der Waals surface area (Å²) >= 11 is 3.32. The number of benzene rings is 1. The van der Waals surface area contributed by atoms with Crippen LogP contribution < -0.4 is 4.74 Å². The molecule has 1 aromatic carbocycles. The SMILES string of the molecule is O=S(=O)(c1coc2cc(OCCCCCBr)ccc12)C(F)(F)F. The van der Waals surface area contributed by atoms with Crippen LogP contribution in [0.5, 0.6) is 5.75 Å². The molecule has 1 aromatic heterocycles. The van der Waals surface area contributed by atoms with Crippen LogP contribution in [0.25, 0.3) is 11.0 Å². The Morgan fingerprint density at radius 3 is 2.57 bits per heavy atom. The van der Waals surface area contributed by atoms with Crippen molar-refractivity contribution in [2.24, 2.45) is 0 Å². The van der Waals surface area contributed by atoms with Gasteiger partial charge in [-0.25, -0.2) is 8.42 Å². The molecule has 23 heavy (non-hydrogen) atoms. The van der Waals surface area contributed by atoms with E-state index < -0.39 is 20.2 Å². The van der Waals surface area contributed by atoms with E-state index in [-0.39, 0.29) is 11.0 Å². The molecule has 0 fully saturated rings. The summed E-state index contributed by atoms with van der Waals surface area (Å²) in [5, 5.41) is 0.802. The van der Waals surface area contributed by atoms with Crippen LogP contribution in [0.15, 0.2) is 33.8 Å². The Balaban J connectivity index is 2.18. The van der Waals surface area contributed by atoms with Gasteiger partial charge in [-0.2, -0.15) is 13.2 Å². The molecule has 2 rings (SSSR count). The molecule has 0 aliphatic rings. The third-order valence-electron chi connectivity index (χ3n) is 3.15. The average molecular weight is 415 g/mol. The smallest absolute Gasteiger partial charge is 0.493 e. The summed E-state index contributed by atoms with van der Waals surface area (Å²) in [5.41, 5.74) is -5.33. The monoisotopic (exact) mass is 414 g/mol. The summed E-state index contributed by atoms with van der Waals surface area (Å²) in [4.78, 5) is -0.885. The predicted octanol–water partition coefficient (Wildman–Crippen LogP) is 4.67. The summed E-state index contributed by atoms with van der Waals surface area (Å²) in [6.45, 7) is 0.465. The van der Waals surface area contributed by atoms with Gasteiger partial charge in [0.05, 0.1) is 6.61 Å². The van der Waals surface area contributed by atoms with Crippen LogP contribution in [0.3, 0.4) is 0 Å². The lowest BCUT2D eigenvalue weighted by atomic mass is 10.2. The molecule has 0 saturated heterocycles. The number of rotatable bonds is 7. The van der Waals surface area contributed by atoms with Gasteiger partial charge in [0.1, 0.15) is 22.5 Å². The standard InChI is InChI=1S/C14H14BrF3O4S/c15-6-2-1-3-7-21-10-4-5-11-12(8-10)22-9-13(11)23(19,20)14(16,17)18/h4-5,8-9H,1-3,6-7H2. The van der Waals surface area contributed by atoms with Crippen molar-refractivity contribution in [1.82, 2.24) is 0 Å². The number of ether oxygens (including phenoxy) is 1. The maximum atomic E-state index is 12.6. The Bertz CT molecular complexity index is 768. The highest BCUT2D eigenvalue weighted by Gasteiger charge is 2.48. The van der Waals surface area contributed by atoms with Gasteiger partial charge in [-0.1, -0.05) is 15.9 Å². The van der Waals surface area contributed by atoms with Crippen molar-refractivity contribution in [2.75, 3.05) is 11.9 Å². The first-order valence-corrected chi connectivity index (χ1v) is 9.39. The normalized spacial score (nSPS) is 12.7. The fourth-order valence-corrected chi connectivity index (χ4v) is 3.25. The Hall–Kier alpha value is -1.22. The second-order valence-electron chi connectivity index (χ2n) is 4.81. The molecular weight excluding hydrogens is 401 g/mol. The van der Waals surface area contributed by atoms with E-state index in [0.717, 1.165) is 24.6 Å². The minimum atomic E-state index is -5.44. The van der Waals surface area contributed by atoms with E-state index in [1.165, 1.54) is 18.2 Å². The Kier molecular flexibility index (Phi) is 5.61. The molecule has 0 aliphatic heterocycles. The summed E-state index contributed by atoms with van der Waals surface area (Å²) in [6.07, 6.45) is 3.46. The molecular formula is C14H14BrF3O4S. The molecule has 0 amide bonds. The zero-order valence-electron chi connectivity index (χ0n) is 11.9. The summed E-state index contributed by atoms with van der Waals surface area (Å²) in [5.74, 6) is 0.418. The molecule has 0 atom stereocenters. The maximum Gasteiger partial charge on any atom is 0.502 e. The predicted molar refractivity (Wildman–Crippen MR) is 82.6 cm³/mol. The number of unbranched alkanes of at least 4 members (excludes halogenated alkanes) is 2. The zero-order valence-corrected chi connectivity index (χ0v) is 14.3. The molecule has 2 aromatic rings. The van der Waals surface area contributed by atoms with E-state index in [0.29, 0.717) is 18.6 Å². The van der Waals surface area contributed by atoms with Crippen LogP contribution in [-0.2, 0) is 9.84 Å². The second kappa shape index (κ2) is 7.12. The molecule has 0 aliphatic carbocycles. The molecule has 0 radical (unpaired) electrons. The lowest BCUT2D eigenvalue weighted by molar-refractivity contribution is -0.0435. The summed E-state index contributed by atoms with van der Waals surface area (Å²) in [7, 11) is -5.44. The largest absolute Gasteiger partial charge is 0.502 e. The minimum Gasteiger partial charge on any atom is -0.493 e. The van der Waals surface area contributed by atoms with Gasteiger partial charge in [0.15, 0.2) is 0 Å². The molecule has 4 nitrogen and oxygen atoms in total. The van der Waals surface area contributed by atoms with E-state index in [2.05, 4.69) is 15.9 Å². The van der Waals surface area contributed by atoms with Crippen LogP contribution in [0, 0.1) is 0 Å². The number of hydrogen-bond donors (Lipinski definition) is 0. The van der Waals surface area contributed by atoms with Gasteiger partial charge in [0.25, 0.3) is 9.84 Å². The minimum absolute atomic E-state index is 0.0331. The van der Waals surface area contributed by atoms with Crippen LogP contribution in [0.2, 0.25) is 0 Å². The van der Waals surface area contributed by atoms with Gasteiger partial charge in [0, 0.05) is 16.8 Å². The van der Waals surface area contributed by atoms with Gasteiger partial charge in [-0.05, 0) is 31.4 Å². The molecule has 128 valence electrons. The van der Waals surface area contributed by atoms with Crippen molar-refractivity contribution in [2.45, 2.75) is 29.7 Å². The Labute approximate surface area is 139 Å². The highest BCUT2D eigenvalue weighted by Crippen LogP contribution is 2.36. The third kappa shape index (κ3) is 4.00. The van der Waals surface area contributed by atoms with Crippen LogP contribution in [-0.4, -0.2) is 25.9 Å².